The third-order valence-electron chi connectivity index (χ3n) is 2.66. The molecule has 0 aliphatic rings. The second-order valence-electron chi connectivity index (χ2n) is 4.25. The van der Waals surface area contributed by atoms with Crippen molar-refractivity contribution in [2.75, 3.05) is 11.9 Å². The highest BCUT2D eigenvalue weighted by molar-refractivity contribution is 6.31. The Morgan fingerprint density at radius 3 is 2.33 bits per heavy atom. The van der Waals surface area contributed by atoms with E-state index in [0.29, 0.717) is 21.3 Å². The van der Waals surface area contributed by atoms with Gasteiger partial charge in [0.05, 0.1) is 6.54 Å². The van der Waals surface area contributed by atoms with Crippen LogP contribution in [0.15, 0.2) is 48.5 Å². The van der Waals surface area contributed by atoms with Crippen LogP contribution in [0.4, 0.5) is 10.5 Å². The lowest BCUT2D eigenvalue weighted by Gasteiger charge is -2.07. The Morgan fingerprint density at radius 1 is 0.952 bits per heavy atom. The van der Waals surface area contributed by atoms with Gasteiger partial charge in [-0.2, -0.15) is 0 Å². The van der Waals surface area contributed by atoms with Crippen molar-refractivity contribution in [1.29, 1.82) is 0 Å². The summed E-state index contributed by atoms with van der Waals surface area (Å²) in [5.74, 6) is -0.219. The molecule has 0 bridgehead atoms. The molecule has 2 aromatic carbocycles. The average Bonchev–Trinajstić information content (AvgIpc) is 2.47. The summed E-state index contributed by atoms with van der Waals surface area (Å²) >= 11 is 11.6. The molecule has 2 rings (SSSR count). The van der Waals surface area contributed by atoms with Crippen LogP contribution in [0.5, 0.6) is 0 Å². The standard InChI is InChI=1S/C15H12Cl2N2O2/c16-11-4-6-13(7-5-11)19-15(21)18-9-14(20)10-2-1-3-12(17)8-10/h1-8H,9H2,(H2,18,19,21). The Labute approximate surface area is 132 Å². The van der Waals surface area contributed by atoms with Crippen molar-refractivity contribution in [3.05, 3.63) is 64.1 Å². The molecule has 0 fully saturated rings. The molecule has 0 radical (unpaired) electrons. The SMILES string of the molecule is O=C(NCC(=O)c1cccc(Cl)c1)Nc1ccc(Cl)cc1. The zero-order valence-electron chi connectivity index (χ0n) is 10.9. The Bertz CT molecular complexity index is 657. The second-order valence-corrected chi connectivity index (χ2v) is 5.12. The second kappa shape index (κ2) is 7.11. The van der Waals surface area contributed by atoms with Gasteiger partial charge in [-0.25, -0.2) is 4.79 Å². The highest BCUT2D eigenvalue weighted by Crippen LogP contribution is 2.13. The molecule has 2 amide bonds. The molecule has 0 heterocycles. The quantitative estimate of drug-likeness (QED) is 0.836. The van der Waals surface area contributed by atoms with Crippen molar-refractivity contribution in [3.8, 4) is 0 Å². The van der Waals surface area contributed by atoms with Crippen molar-refractivity contribution < 1.29 is 9.59 Å². The van der Waals surface area contributed by atoms with Crippen LogP contribution in [0.1, 0.15) is 10.4 Å². The van der Waals surface area contributed by atoms with Crippen LogP contribution in [0, 0.1) is 0 Å². The van der Waals surface area contributed by atoms with Gasteiger partial charge in [0.1, 0.15) is 0 Å². The minimum absolute atomic E-state index is 0.111. The van der Waals surface area contributed by atoms with Crippen LogP contribution in [-0.2, 0) is 0 Å². The van der Waals surface area contributed by atoms with Crippen molar-refractivity contribution in [3.63, 3.8) is 0 Å². The zero-order chi connectivity index (χ0) is 15.2. The number of carbonyl (C=O) groups is 2. The van der Waals surface area contributed by atoms with Gasteiger partial charge in [-0.3, -0.25) is 4.79 Å². The molecular formula is C15H12Cl2N2O2. The molecule has 108 valence electrons. The normalized spacial score (nSPS) is 10.0. The molecule has 2 N–H and O–H groups in total. The molecule has 0 aliphatic carbocycles. The van der Waals surface area contributed by atoms with Crippen LogP contribution in [0.2, 0.25) is 10.0 Å². The first kappa shape index (κ1) is 15.4. The number of anilines is 1. The van der Waals surface area contributed by atoms with Crippen molar-refractivity contribution in [1.82, 2.24) is 5.32 Å². The molecule has 0 saturated heterocycles. The predicted molar refractivity (Wildman–Crippen MR) is 84.3 cm³/mol. The van der Waals surface area contributed by atoms with Gasteiger partial charge in [-0.05, 0) is 36.4 Å². The van der Waals surface area contributed by atoms with Gasteiger partial charge in [0.25, 0.3) is 0 Å². The fraction of sp³-hybridized carbons (Fsp3) is 0.0667. The number of ketones is 1. The van der Waals surface area contributed by atoms with E-state index in [4.69, 9.17) is 23.2 Å². The number of urea groups is 1. The van der Waals surface area contributed by atoms with Gasteiger partial charge in [0, 0.05) is 21.3 Å². The maximum atomic E-state index is 11.9. The van der Waals surface area contributed by atoms with E-state index >= 15 is 0 Å². The number of benzene rings is 2. The summed E-state index contributed by atoms with van der Waals surface area (Å²) in [6.07, 6.45) is 0. The first-order chi connectivity index (χ1) is 10.0. The molecule has 0 spiro atoms. The number of hydrogen-bond acceptors (Lipinski definition) is 2. The molecule has 0 atom stereocenters. The summed E-state index contributed by atoms with van der Waals surface area (Å²) in [6, 6.07) is 12.8. The molecule has 2 aromatic rings. The minimum atomic E-state index is -0.465. The van der Waals surface area contributed by atoms with E-state index in [9.17, 15) is 9.59 Å². The van der Waals surface area contributed by atoms with Gasteiger partial charge >= 0.3 is 6.03 Å². The number of Topliss-reactive ketones (excluding diaryl/α,β-unsaturated/α-hetero) is 1. The third-order valence-corrected chi connectivity index (χ3v) is 3.15. The van der Waals surface area contributed by atoms with E-state index < -0.39 is 6.03 Å². The lowest BCUT2D eigenvalue weighted by Crippen LogP contribution is -2.33. The number of halogens is 2. The maximum Gasteiger partial charge on any atom is 0.319 e. The number of hydrogen-bond donors (Lipinski definition) is 2. The third kappa shape index (κ3) is 4.77. The number of rotatable bonds is 4. The Hall–Kier alpha value is -2.04. The van der Waals surface area contributed by atoms with E-state index in [1.807, 2.05) is 0 Å². The van der Waals surface area contributed by atoms with Crippen molar-refractivity contribution in [2.45, 2.75) is 0 Å². The largest absolute Gasteiger partial charge is 0.330 e. The first-order valence-electron chi connectivity index (χ1n) is 6.14. The van der Waals surface area contributed by atoms with E-state index in [1.165, 1.54) is 0 Å². The van der Waals surface area contributed by atoms with Gasteiger partial charge in [0.2, 0.25) is 0 Å². The van der Waals surface area contributed by atoms with Gasteiger partial charge in [0.15, 0.2) is 5.78 Å². The molecule has 0 unspecified atom stereocenters. The Morgan fingerprint density at radius 2 is 1.67 bits per heavy atom. The Kier molecular flexibility index (Phi) is 5.20. The average molecular weight is 323 g/mol. The maximum absolute atomic E-state index is 11.9. The monoisotopic (exact) mass is 322 g/mol. The van der Waals surface area contributed by atoms with Crippen LogP contribution in [0.3, 0.4) is 0 Å². The summed E-state index contributed by atoms with van der Waals surface area (Å²) in [7, 11) is 0. The van der Waals surface area contributed by atoms with Crippen molar-refractivity contribution in [2.24, 2.45) is 0 Å². The van der Waals surface area contributed by atoms with Crippen LogP contribution in [-0.4, -0.2) is 18.4 Å². The van der Waals surface area contributed by atoms with Gasteiger partial charge in [-0.1, -0.05) is 35.3 Å². The minimum Gasteiger partial charge on any atom is -0.330 e. The summed E-state index contributed by atoms with van der Waals surface area (Å²) in [6.45, 7) is -0.111. The van der Waals surface area contributed by atoms with E-state index in [2.05, 4.69) is 10.6 Å². The fourth-order valence-electron chi connectivity index (χ4n) is 1.63. The zero-order valence-corrected chi connectivity index (χ0v) is 12.4. The van der Waals surface area contributed by atoms with Gasteiger partial charge in [-0.15, -0.1) is 0 Å². The predicted octanol–water partition coefficient (Wildman–Crippen LogP) is 4.00. The summed E-state index contributed by atoms with van der Waals surface area (Å²) in [5, 5.41) is 6.15. The topological polar surface area (TPSA) is 58.2 Å². The molecule has 21 heavy (non-hydrogen) atoms. The number of amides is 2. The van der Waals surface area contributed by atoms with Gasteiger partial charge < -0.3 is 10.6 Å². The van der Waals surface area contributed by atoms with E-state index in [-0.39, 0.29) is 12.3 Å². The van der Waals surface area contributed by atoms with E-state index in [0.717, 1.165) is 0 Å². The molecule has 0 aromatic heterocycles. The molecule has 0 saturated carbocycles. The summed E-state index contributed by atoms with van der Waals surface area (Å²) < 4.78 is 0. The molecule has 6 heteroatoms. The molecule has 0 aliphatic heterocycles. The van der Waals surface area contributed by atoms with Crippen LogP contribution < -0.4 is 10.6 Å². The van der Waals surface area contributed by atoms with Crippen molar-refractivity contribution >= 4 is 40.7 Å². The molecule has 4 nitrogen and oxygen atoms in total. The van der Waals surface area contributed by atoms with Crippen LogP contribution >= 0.6 is 23.2 Å². The summed E-state index contributed by atoms with van der Waals surface area (Å²) in [5.41, 5.74) is 1.04. The lowest BCUT2D eigenvalue weighted by atomic mass is 10.1. The molecular weight excluding hydrogens is 311 g/mol. The van der Waals surface area contributed by atoms with E-state index in [1.54, 1.807) is 48.5 Å². The fourth-order valence-corrected chi connectivity index (χ4v) is 1.95. The smallest absolute Gasteiger partial charge is 0.319 e. The summed E-state index contributed by atoms with van der Waals surface area (Å²) in [4.78, 5) is 23.5. The Balaban J connectivity index is 1.86. The first-order valence-corrected chi connectivity index (χ1v) is 6.89. The number of carbonyl (C=O) groups excluding carboxylic acids is 2. The lowest BCUT2D eigenvalue weighted by molar-refractivity contribution is 0.0993. The highest BCUT2D eigenvalue weighted by Gasteiger charge is 2.08. The number of nitrogens with one attached hydrogen (secondary N) is 2. The van der Waals surface area contributed by atoms with Crippen LogP contribution in [0.25, 0.3) is 0 Å². The highest BCUT2D eigenvalue weighted by atomic mass is 35.5.